The Kier molecular flexibility index (Phi) is 6.54. The minimum atomic E-state index is 0.0268. The van der Waals surface area contributed by atoms with E-state index in [1.54, 1.807) is 16.0 Å². The quantitative estimate of drug-likeness (QED) is 0.360. The average molecular weight is 481 g/mol. The molecular weight excluding hydrogens is 456 g/mol. The average Bonchev–Trinajstić information content (AvgIpc) is 3.50. The Morgan fingerprint density at radius 2 is 2.03 bits per heavy atom. The van der Waals surface area contributed by atoms with Gasteiger partial charge in [-0.2, -0.15) is 4.68 Å². The van der Waals surface area contributed by atoms with Crippen LogP contribution in [0.1, 0.15) is 37.2 Å². The number of hydrogen-bond donors (Lipinski definition) is 0. The molecule has 33 heavy (non-hydrogen) atoms. The normalized spacial score (nSPS) is 16.3. The summed E-state index contributed by atoms with van der Waals surface area (Å²) in [5, 5.41) is 13.7. The van der Waals surface area contributed by atoms with Crippen LogP contribution in [0.25, 0.3) is 15.9 Å². The molecule has 10 heteroatoms. The number of para-hydroxylation sites is 3. The summed E-state index contributed by atoms with van der Waals surface area (Å²) in [4.78, 5) is 20.1. The molecule has 5 rings (SSSR count). The molecule has 0 radical (unpaired) electrons. The Hall–Kier alpha value is -2.98. The molecule has 3 heterocycles. The number of carbonyl (C=O) groups is 1. The van der Waals surface area contributed by atoms with Gasteiger partial charge in [-0.15, -0.1) is 16.4 Å². The molecule has 2 aromatic carbocycles. The van der Waals surface area contributed by atoms with Gasteiger partial charge in [0.1, 0.15) is 16.4 Å². The summed E-state index contributed by atoms with van der Waals surface area (Å²) in [5.74, 6) is 1.04. The third-order valence-corrected chi connectivity index (χ3v) is 7.62. The van der Waals surface area contributed by atoms with E-state index < -0.39 is 0 Å². The van der Waals surface area contributed by atoms with Gasteiger partial charge >= 0.3 is 0 Å². The van der Waals surface area contributed by atoms with Crippen LogP contribution < -0.4 is 4.74 Å². The lowest BCUT2D eigenvalue weighted by Gasteiger charge is -2.34. The number of aromatic nitrogens is 5. The van der Waals surface area contributed by atoms with E-state index >= 15 is 0 Å². The van der Waals surface area contributed by atoms with Crippen molar-refractivity contribution in [1.29, 1.82) is 0 Å². The molecule has 1 amide bonds. The maximum Gasteiger partial charge on any atom is 0.233 e. The SMILES string of the molecule is CCOc1ccccc1-n1nnnc1SCC(=O)N1CCCC[C@H]1c1nc2ccccc2s1. The van der Waals surface area contributed by atoms with Crippen LogP contribution in [-0.4, -0.2) is 54.9 Å². The molecule has 0 spiro atoms. The Labute approximate surface area is 200 Å². The fourth-order valence-corrected chi connectivity index (χ4v) is 5.94. The first-order valence-electron chi connectivity index (χ1n) is 11.0. The zero-order valence-corrected chi connectivity index (χ0v) is 19.9. The summed E-state index contributed by atoms with van der Waals surface area (Å²) < 4.78 is 8.51. The molecule has 1 atom stereocenters. The highest BCUT2D eigenvalue weighted by atomic mass is 32.2. The summed E-state index contributed by atoms with van der Waals surface area (Å²) in [5.41, 5.74) is 1.75. The molecule has 0 saturated carbocycles. The molecule has 8 nitrogen and oxygen atoms in total. The molecule has 0 bridgehead atoms. The van der Waals surface area contributed by atoms with Gasteiger partial charge in [0.15, 0.2) is 0 Å². The number of thioether (sulfide) groups is 1. The van der Waals surface area contributed by atoms with E-state index in [1.807, 2.05) is 54.3 Å². The van der Waals surface area contributed by atoms with Gasteiger partial charge in [-0.3, -0.25) is 4.79 Å². The van der Waals surface area contributed by atoms with Gasteiger partial charge in [-0.1, -0.05) is 36.0 Å². The molecule has 1 aliphatic heterocycles. The van der Waals surface area contributed by atoms with Crippen LogP contribution in [0.2, 0.25) is 0 Å². The minimum Gasteiger partial charge on any atom is -0.492 e. The van der Waals surface area contributed by atoms with Crippen LogP contribution in [0.15, 0.2) is 53.7 Å². The lowest BCUT2D eigenvalue weighted by atomic mass is 10.0. The monoisotopic (exact) mass is 480 g/mol. The Balaban J connectivity index is 1.32. The molecular formula is C23H24N6O2S2. The van der Waals surface area contributed by atoms with E-state index in [4.69, 9.17) is 9.72 Å². The van der Waals surface area contributed by atoms with E-state index in [2.05, 4.69) is 21.6 Å². The lowest BCUT2D eigenvalue weighted by Crippen LogP contribution is -2.39. The second kappa shape index (κ2) is 9.88. The van der Waals surface area contributed by atoms with Crippen LogP contribution in [0.5, 0.6) is 5.75 Å². The zero-order valence-electron chi connectivity index (χ0n) is 18.3. The first-order chi connectivity index (χ1) is 16.2. The largest absolute Gasteiger partial charge is 0.492 e. The summed E-state index contributed by atoms with van der Waals surface area (Å²) in [6.07, 6.45) is 3.05. The lowest BCUT2D eigenvalue weighted by molar-refractivity contribution is -0.132. The van der Waals surface area contributed by atoms with E-state index in [1.165, 1.54) is 11.8 Å². The van der Waals surface area contributed by atoms with Crippen LogP contribution in [0.4, 0.5) is 0 Å². The van der Waals surface area contributed by atoms with E-state index in [9.17, 15) is 4.79 Å². The number of hydrogen-bond acceptors (Lipinski definition) is 8. The Bertz CT molecular complexity index is 1220. The van der Waals surface area contributed by atoms with E-state index in [-0.39, 0.29) is 17.7 Å². The number of piperidine rings is 1. The maximum absolute atomic E-state index is 13.3. The highest BCUT2D eigenvalue weighted by Crippen LogP contribution is 2.36. The molecule has 0 N–H and O–H groups in total. The predicted octanol–water partition coefficient (Wildman–Crippen LogP) is 4.52. The van der Waals surface area contributed by atoms with E-state index in [0.29, 0.717) is 17.5 Å². The van der Waals surface area contributed by atoms with Crippen molar-refractivity contribution in [3.63, 3.8) is 0 Å². The number of likely N-dealkylation sites (tertiary alicyclic amines) is 1. The summed E-state index contributed by atoms with van der Waals surface area (Å²) in [7, 11) is 0. The number of nitrogens with zero attached hydrogens (tertiary/aromatic N) is 6. The Morgan fingerprint density at radius 1 is 1.18 bits per heavy atom. The van der Waals surface area contributed by atoms with Crippen molar-refractivity contribution in [2.24, 2.45) is 0 Å². The van der Waals surface area contributed by atoms with Crippen molar-refractivity contribution in [2.75, 3.05) is 18.9 Å². The third kappa shape index (κ3) is 4.58. The van der Waals surface area contributed by atoms with Gasteiger partial charge in [0.05, 0.1) is 28.6 Å². The molecule has 0 unspecified atom stereocenters. The van der Waals surface area contributed by atoms with Crippen LogP contribution in [-0.2, 0) is 4.79 Å². The second-order valence-electron chi connectivity index (χ2n) is 7.68. The summed E-state index contributed by atoms with van der Waals surface area (Å²) in [6.45, 7) is 3.23. The molecule has 170 valence electrons. The fourth-order valence-electron chi connectivity index (χ4n) is 4.06. The van der Waals surface area contributed by atoms with E-state index in [0.717, 1.165) is 46.7 Å². The molecule has 4 aromatic rings. The second-order valence-corrected chi connectivity index (χ2v) is 9.69. The van der Waals surface area contributed by atoms with Crippen LogP contribution >= 0.6 is 23.1 Å². The number of thiazole rings is 1. The summed E-state index contributed by atoms with van der Waals surface area (Å²) >= 11 is 3.03. The summed E-state index contributed by atoms with van der Waals surface area (Å²) in [6, 6.07) is 15.8. The highest BCUT2D eigenvalue weighted by molar-refractivity contribution is 7.99. The molecule has 1 fully saturated rings. The number of amides is 1. The van der Waals surface area contributed by atoms with Crippen molar-refractivity contribution >= 4 is 39.2 Å². The third-order valence-electron chi connectivity index (χ3n) is 5.58. The van der Waals surface area contributed by atoms with Crippen LogP contribution in [0, 0.1) is 0 Å². The van der Waals surface area contributed by atoms with Gasteiger partial charge in [0.25, 0.3) is 0 Å². The van der Waals surface area contributed by atoms with Crippen LogP contribution in [0.3, 0.4) is 0 Å². The zero-order chi connectivity index (χ0) is 22.6. The smallest absolute Gasteiger partial charge is 0.233 e. The minimum absolute atomic E-state index is 0.0268. The first-order valence-corrected chi connectivity index (χ1v) is 12.8. The number of carbonyl (C=O) groups excluding carboxylic acids is 1. The van der Waals surface area contributed by atoms with Crippen molar-refractivity contribution in [3.8, 4) is 11.4 Å². The first kappa shape index (κ1) is 21.8. The van der Waals surface area contributed by atoms with Gasteiger partial charge in [-0.05, 0) is 60.9 Å². The van der Waals surface area contributed by atoms with Gasteiger partial charge in [0.2, 0.25) is 11.1 Å². The topological polar surface area (TPSA) is 86.0 Å². The Morgan fingerprint density at radius 3 is 2.91 bits per heavy atom. The van der Waals surface area contributed by atoms with Gasteiger partial charge < -0.3 is 9.64 Å². The molecule has 1 saturated heterocycles. The van der Waals surface area contributed by atoms with Crippen molar-refractivity contribution in [2.45, 2.75) is 37.4 Å². The standard InChI is InChI=1S/C23H24N6O2S2/c1-2-31-19-12-5-4-10-17(19)29-23(25-26-27-29)32-15-21(30)28-14-8-7-11-18(28)22-24-16-9-3-6-13-20(16)33-22/h3-6,9-10,12-13,18H,2,7-8,11,14-15H2,1H3/t18-/m0/s1. The van der Waals surface area contributed by atoms with Crippen molar-refractivity contribution in [3.05, 3.63) is 53.5 Å². The highest BCUT2D eigenvalue weighted by Gasteiger charge is 2.30. The number of fused-ring (bicyclic) bond motifs is 1. The maximum atomic E-state index is 13.3. The van der Waals surface area contributed by atoms with Crippen molar-refractivity contribution in [1.82, 2.24) is 30.1 Å². The number of tetrazole rings is 1. The fraction of sp³-hybridized carbons (Fsp3) is 0.348. The van der Waals surface area contributed by atoms with Gasteiger partial charge in [-0.25, -0.2) is 4.98 Å². The molecule has 2 aromatic heterocycles. The number of ether oxygens (including phenoxy) is 1. The number of benzene rings is 2. The predicted molar refractivity (Wildman–Crippen MR) is 129 cm³/mol. The van der Waals surface area contributed by atoms with Gasteiger partial charge in [0, 0.05) is 6.54 Å². The number of rotatable bonds is 7. The molecule has 1 aliphatic rings. The molecule has 0 aliphatic carbocycles. The van der Waals surface area contributed by atoms with Crippen molar-refractivity contribution < 1.29 is 9.53 Å².